The molecule has 3 heteroatoms. The number of ether oxygens (including phenoxy) is 1. The number of carbonyl (C=O) groups excluding carboxylic acids is 1. The monoisotopic (exact) mass is 325 g/mol. The number of amides is 1. The first kappa shape index (κ1) is 18.1. The molecule has 0 aromatic heterocycles. The molecule has 2 aromatic rings. The lowest BCUT2D eigenvalue weighted by atomic mass is 9.86. The minimum absolute atomic E-state index is 0.000538. The highest BCUT2D eigenvalue weighted by Gasteiger charge is 2.19. The minimum Gasteiger partial charge on any atom is -0.483 e. The molecule has 2 rings (SSSR count). The van der Waals surface area contributed by atoms with Crippen molar-refractivity contribution >= 4 is 11.6 Å². The van der Waals surface area contributed by atoms with E-state index in [-0.39, 0.29) is 17.9 Å². The number of benzene rings is 2. The topological polar surface area (TPSA) is 38.3 Å². The van der Waals surface area contributed by atoms with Crippen molar-refractivity contribution in [1.29, 1.82) is 0 Å². The van der Waals surface area contributed by atoms with E-state index in [1.807, 2.05) is 38.1 Å². The first-order valence-electron chi connectivity index (χ1n) is 8.28. The van der Waals surface area contributed by atoms with Gasteiger partial charge >= 0.3 is 0 Å². The van der Waals surface area contributed by atoms with Gasteiger partial charge in [-0.05, 0) is 66.6 Å². The van der Waals surface area contributed by atoms with Crippen LogP contribution in [0.25, 0.3) is 0 Å². The Morgan fingerprint density at radius 1 is 1.00 bits per heavy atom. The van der Waals surface area contributed by atoms with Gasteiger partial charge in [0.15, 0.2) is 6.61 Å². The van der Waals surface area contributed by atoms with Gasteiger partial charge in [-0.1, -0.05) is 39.0 Å². The fourth-order valence-corrected chi connectivity index (χ4v) is 2.53. The van der Waals surface area contributed by atoms with E-state index in [9.17, 15) is 4.79 Å². The molecule has 2 aromatic carbocycles. The number of aryl methyl sites for hydroxylation is 3. The molecule has 0 aliphatic rings. The second kappa shape index (κ2) is 7.08. The number of hydrogen-bond donors (Lipinski definition) is 1. The van der Waals surface area contributed by atoms with E-state index in [0.717, 1.165) is 28.1 Å². The van der Waals surface area contributed by atoms with Crippen LogP contribution in [0.5, 0.6) is 5.75 Å². The Kier molecular flexibility index (Phi) is 5.33. The van der Waals surface area contributed by atoms with Crippen molar-refractivity contribution in [2.24, 2.45) is 0 Å². The summed E-state index contributed by atoms with van der Waals surface area (Å²) in [5, 5.41) is 2.89. The van der Waals surface area contributed by atoms with Gasteiger partial charge in [0.2, 0.25) is 0 Å². The summed E-state index contributed by atoms with van der Waals surface area (Å²) in [6, 6.07) is 12.0. The van der Waals surface area contributed by atoms with Crippen LogP contribution < -0.4 is 10.1 Å². The van der Waals surface area contributed by atoms with E-state index < -0.39 is 0 Å². The first-order chi connectivity index (χ1) is 11.2. The lowest BCUT2D eigenvalue weighted by molar-refractivity contribution is -0.118. The molecule has 0 fully saturated rings. The molecule has 0 radical (unpaired) electrons. The Balaban J connectivity index is 2.06. The number of nitrogens with one attached hydrogen (secondary N) is 1. The Bertz CT molecular complexity index is 742. The van der Waals surface area contributed by atoms with Crippen LogP contribution in [0.15, 0.2) is 36.4 Å². The Morgan fingerprint density at radius 3 is 2.33 bits per heavy atom. The molecule has 3 nitrogen and oxygen atoms in total. The highest BCUT2D eigenvalue weighted by molar-refractivity contribution is 5.92. The van der Waals surface area contributed by atoms with Gasteiger partial charge in [0.1, 0.15) is 5.75 Å². The zero-order valence-corrected chi connectivity index (χ0v) is 15.5. The Hall–Kier alpha value is -2.29. The van der Waals surface area contributed by atoms with Crippen LogP contribution in [0.4, 0.5) is 5.69 Å². The van der Waals surface area contributed by atoms with Crippen molar-refractivity contribution < 1.29 is 9.53 Å². The molecule has 1 N–H and O–H groups in total. The van der Waals surface area contributed by atoms with Gasteiger partial charge in [0, 0.05) is 5.69 Å². The summed E-state index contributed by atoms with van der Waals surface area (Å²) < 4.78 is 5.82. The lowest BCUT2D eigenvalue weighted by Gasteiger charge is -2.23. The van der Waals surface area contributed by atoms with Gasteiger partial charge in [-0.25, -0.2) is 0 Å². The van der Waals surface area contributed by atoms with Crippen LogP contribution in [0.2, 0.25) is 0 Å². The predicted octanol–water partition coefficient (Wildman–Crippen LogP) is 4.93. The van der Waals surface area contributed by atoms with Crippen molar-refractivity contribution in [2.45, 2.75) is 47.0 Å². The largest absolute Gasteiger partial charge is 0.483 e. The van der Waals surface area contributed by atoms with Gasteiger partial charge in [-0.2, -0.15) is 0 Å². The zero-order valence-electron chi connectivity index (χ0n) is 15.5. The van der Waals surface area contributed by atoms with E-state index in [4.69, 9.17) is 4.74 Å². The standard InChI is InChI=1S/C21H27NO2/c1-14-7-10-18(21(4,5)6)19(11-14)24-13-20(23)22-17-9-8-15(2)16(3)12-17/h7-12H,13H2,1-6H3,(H,22,23). The summed E-state index contributed by atoms with van der Waals surface area (Å²) in [5.41, 5.74) is 5.35. The van der Waals surface area contributed by atoms with Crippen LogP contribution in [-0.4, -0.2) is 12.5 Å². The first-order valence-corrected chi connectivity index (χ1v) is 8.28. The molecule has 0 unspecified atom stereocenters. The van der Waals surface area contributed by atoms with Crippen molar-refractivity contribution in [3.63, 3.8) is 0 Å². The zero-order chi connectivity index (χ0) is 17.9. The van der Waals surface area contributed by atoms with Crippen LogP contribution in [0, 0.1) is 20.8 Å². The third-order valence-electron chi connectivity index (χ3n) is 4.09. The second-order valence-electron chi connectivity index (χ2n) is 7.39. The maximum atomic E-state index is 12.2. The highest BCUT2D eigenvalue weighted by Crippen LogP contribution is 2.32. The molecule has 0 heterocycles. The molecule has 24 heavy (non-hydrogen) atoms. The average Bonchev–Trinajstić information content (AvgIpc) is 2.48. The smallest absolute Gasteiger partial charge is 0.262 e. The maximum Gasteiger partial charge on any atom is 0.262 e. The molecule has 0 spiro atoms. The average molecular weight is 325 g/mol. The molecule has 0 aliphatic carbocycles. The molecular weight excluding hydrogens is 298 g/mol. The quantitative estimate of drug-likeness (QED) is 0.866. The van der Waals surface area contributed by atoms with E-state index in [1.165, 1.54) is 5.56 Å². The third-order valence-corrected chi connectivity index (χ3v) is 4.09. The molecule has 0 bridgehead atoms. The van der Waals surface area contributed by atoms with Gasteiger partial charge in [-0.3, -0.25) is 4.79 Å². The van der Waals surface area contributed by atoms with E-state index in [1.54, 1.807) is 0 Å². The molecular formula is C21H27NO2. The fourth-order valence-electron chi connectivity index (χ4n) is 2.53. The van der Waals surface area contributed by atoms with E-state index in [2.05, 4.69) is 45.1 Å². The van der Waals surface area contributed by atoms with Gasteiger partial charge in [0.05, 0.1) is 0 Å². The molecule has 0 saturated carbocycles. The van der Waals surface area contributed by atoms with Crippen LogP contribution in [-0.2, 0) is 10.2 Å². The molecule has 128 valence electrons. The third kappa shape index (κ3) is 4.60. The van der Waals surface area contributed by atoms with E-state index in [0.29, 0.717) is 0 Å². The summed E-state index contributed by atoms with van der Waals surface area (Å²) >= 11 is 0. The number of carbonyl (C=O) groups is 1. The summed E-state index contributed by atoms with van der Waals surface area (Å²) in [7, 11) is 0. The van der Waals surface area contributed by atoms with Crippen molar-refractivity contribution in [1.82, 2.24) is 0 Å². The molecule has 1 amide bonds. The van der Waals surface area contributed by atoms with Gasteiger partial charge in [0.25, 0.3) is 5.91 Å². The normalized spacial score (nSPS) is 11.2. The van der Waals surface area contributed by atoms with Gasteiger partial charge < -0.3 is 10.1 Å². The molecule has 0 saturated heterocycles. The number of anilines is 1. The number of hydrogen-bond acceptors (Lipinski definition) is 2. The summed E-state index contributed by atoms with van der Waals surface area (Å²) in [4.78, 5) is 12.2. The van der Waals surface area contributed by atoms with Gasteiger partial charge in [-0.15, -0.1) is 0 Å². The fraction of sp³-hybridized carbons (Fsp3) is 0.381. The van der Waals surface area contributed by atoms with Crippen LogP contribution in [0.1, 0.15) is 43.0 Å². The number of rotatable bonds is 4. The summed E-state index contributed by atoms with van der Waals surface area (Å²) in [5.74, 6) is 0.623. The molecule has 0 aliphatic heterocycles. The van der Waals surface area contributed by atoms with Crippen LogP contribution in [0.3, 0.4) is 0 Å². The summed E-state index contributed by atoms with van der Waals surface area (Å²) in [6.45, 7) is 12.5. The minimum atomic E-state index is -0.153. The van der Waals surface area contributed by atoms with Crippen molar-refractivity contribution in [3.05, 3.63) is 58.7 Å². The second-order valence-corrected chi connectivity index (χ2v) is 7.39. The maximum absolute atomic E-state index is 12.2. The Labute approximate surface area is 145 Å². The lowest BCUT2D eigenvalue weighted by Crippen LogP contribution is -2.22. The van der Waals surface area contributed by atoms with E-state index >= 15 is 0 Å². The van der Waals surface area contributed by atoms with Crippen molar-refractivity contribution in [2.75, 3.05) is 11.9 Å². The Morgan fingerprint density at radius 2 is 1.71 bits per heavy atom. The van der Waals surface area contributed by atoms with Crippen LogP contribution >= 0.6 is 0 Å². The predicted molar refractivity (Wildman–Crippen MR) is 99.9 cm³/mol. The SMILES string of the molecule is Cc1ccc(C(C)(C)C)c(OCC(=O)Nc2ccc(C)c(C)c2)c1. The summed E-state index contributed by atoms with van der Waals surface area (Å²) in [6.07, 6.45) is 0. The van der Waals surface area contributed by atoms with Crippen molar-refractivity contribution in [3.8, 4) is 5.75 Å². The molecule has 0 atom stereocenters. The highest BCUT2D eigenvalue weighted by atomic mass is 16.5.